The summed E-state index contributed by atoms with van der Waals surface area (Å²) in [6.07, 6.45) is 1.47. The van der Waals surface area contributed by atoms with E-state index < -0.39 is 18.0 Å². The summed E-state index contributed by atoms with van der Waals surface area (Å²) < 4.78 is 5.76. The molecule has 1 fully saturated rings. The molecular weight excluding hydrogens is 306 g/mol. The SMILES string of the molecule is CC(Oc1cccc(C(C)(C)C)c1)C(=O)N[C@@H]1CCC[C@@H]1C(=O)O. The third-order valence-electron chi connectivity index (χ3n) is 4.54. The predicted molar refractivity (Wildman–Crippen MR) is 92.1 cm³/mol. The molecule has 132 valence electrons. The van der Waals surface area contributed by atoms with Crippen molar-refractivity contribution >= 4 is 11.9 Å². The van der Waals surface area contributed by atoms with Crippen molar-refractivity contribution in [2.45, 2.75) is 64.5 Å². The first-order valence-electron chi connectivity index (χ1n) is 8.49. The Balaban J connectivity index is 1.98. The lowest BCUT2D eigenvalue weighted by Crippen LogP contribution is -2.45. The van der Waals surface area contributed by atoms with Crippen LogP contribution in [0.5, 0.6) is 5.75 Å². The third-order valence-corrected chi connectivity index (χ3v) is 4.54. The maximum atomic E-state index is 12.3. The number of carbonyl (C=O) groups is 2. The second kappa shape index (κ2) is 7.24. The van der Waals surface area contributed by atoms with Gasteiger partial charge in [0.25, 0.3) is 5.91 Å². The fraction of sp³-hybridized carbons (Fsp3) is 0.579. The molecule has 0 spiro atoms. The number of benzene rings is 1. The van der Waals surface area contributed by atoms with Crippen LogP contribution in [0.2, 0.25) is 0 Å². The lowest BCUT2D eigenvalue weighted by Gasteiger charge is -2.23. The molecule has 0 radical (unpaired) electrons. The van der Waals surface area contributed by atoms with Gasteiger partial charge in [0.15, 0.2) is 6.10 Å². The van der Waals surface area contributed by atoms with Gasteiger partial charge in [-0.15, -0.1) is 0 Å². The standard InChI is InChI=1S/C19H27NO4/c1-12(17(21)20-16-10-6-9-15(16)18(22)23)24-14-8-5-7-13(11-14)19(2,3)4/h5,7-8,11-12,15-16H,6,9-10H2,1-4H3,(H,20,21)(H,22,23)/t12?,15-,16+/m0/s1. The zero-order valence-corrected chi connectivity index (χ0v) is 14.8. The van der Waals surface area contributed by atoms with Gasteiger partial charge in [-0.3, -0.25) is 9.59 Å². The maximum Gasteiger partial charge on any atom is 0.308 e. The van der Waals surface area contributed by atoms with Crippen LogP contribution in [-0.4, -0.2) is 29.1 Å². The Labute approximate surface area is 143 Å². The van der Waals surface area contributed by atoms with Gasteiger partial charge >= 0.3 is 5.97 Å². The Bertz CT molecular complexity index is 606. The number of hydrogen-bond acceptors (Lipinski definition) is 3. The summed E-state index contributed by atoms with van der Waals surface area (Å²) in [7, 11) is 0. The second-order valence-corrected chi connectivity index (χ2v) is 7.53. The average Bonchev–Trinajstić information content (AvgIpc) is 2.95. The van der Waals surface area contributed by atoms with E-state index in [4.69, 9.17) is 4.74 Å². The fourth-order valence-corrected chi connectivity index (χ4v) is 3.02. The zero-order valence-electron chi connectivity index (χ0n) is 14.8. The first-order chi connectivity index (χ1) is 11.2. The van der Waals surface area contributed by atoms with E-state index in [9.17, 15) is 14.7 Å². The number of ether oxygens (including phenoxy) is 1. The quantitative estimate of drug-likeness (QED) is 0.868. The van der Waals surface area contributed by atoms with Crippen LogP contribution in [0.1, 0.15) is 52.5 Å². The fourth-order valence-electron chi connectivity index (χ4n) is 3.02. The minimum atomic E-state index is -0.843. The van der Waals surface area contributed by atoms with Crippen LogP contribution in [0.3, 0.4) is 0 Å². The lowest BCUT2D eigenvalue weighted by molar-refractivity contribution is -0.142. The van der Waals surface area contributed by atoms with Gasteiger partial charge in [-0.2, -0.15) is 0 Å². The van der Waals surface area contributed by atoms with Gasteiger partial charge in [0.2, 0.25) is 0 Å². The molecule has 1 amide bonds. The molecule has 1 aliphatic carbocycles. The van der Waals surface area contributed by atoms with Crippen LogP contribution >= 0.6 is 0 Å². The van der Waals surface area contributed by atoms with Gasteiger partial charge in [0, 0.05) is 6.04 Å². The van der Waals surface area contributed by atoms with Gasteiger partial charge in [-0.05, 0) is 42.9 Å². The van der Waals surface area contributed by atoms with Crippen LogP contribution in [-0.2, 0) is 15.0 Å². The summed E-state index contributed by atoms with van der Waals surface area (Å²) >= 11 is 0. The zero-order chi connectivity index (χ0) is 17.9. The molecule has 2 rings (SSSR count). The molecule has 0 bridgehead atoms. The van der Waals surface area contributed by atoms with E-state index in [1.807, 2.05) is 24.3 Å². The van der Waals surface area contributed by atoms with Gasteiger partial charge in [0.05, 0.1) is 5.92 Å². The molecule has 1 aliphatic rings. The number of amides is 1. The number of carboxylic acids is 1. The Kier molecular flexibility index (Phi) is 5.52. The lowest BCUT2D eigenvalue weighted by atomic mass is 9.87. The Morgan fingerprint density at radius 3 is 2.62 bits per heavy atom. The number of carboxylic acid groups (broad SMARTS) is 1. The summed E-state index contributed by atoms with van der Waals surface area (Å²) in [6.45, 7) is 8.04. The van der Waals surface area contributed by atoms with Crippen molar-refractivity contribution in [2.75, 3.05) is 0 Å². The molecule has 2 N–H and O–H groups in total. The number of hydrogen-bond donors (Lipinski definition) is 2. The largest absolute Gasteiger partial charge is 0.481 e. The molecule has 5 nitrogen and oxygen atoms in total. The summed E-state index contributed by atoms with van der Waals surface area (Å²) in [5, 5.41) is 12.0. The van der Waals surface area contributed by atoms with E-state index in [2.05, 4.69) is 26.1 Å². The van der Waals surface area contributed by atoms with E-state index in [1.54, 1.807) is 6.92 Å². The van der Waals surface area contributed by atoms with E-state index >= 15 is 0 Å². The topological polar surface area (TPSA) is 75.6 Å². The predicted octanol–water partition coefficient (Wildman–Crippen LogP) is 3.12. The van der Waals surface area contributed by atoms with Crippen molar-refractivity contribution in [3.05, 3.63) is 29.8 Å². The van der Waals surface area contributed by atoms with Crippen LogP contribution in [0.25, 0.3) is 0 Å². The van der Waals surface area contributed by atoms with E-state index in [0.29, 0.717) is 18.6 Å². The summed E-state index contributed by atoms with van der Waals surface area (Å²) in [4.78, 5) is 23.5. The van der Waals surface area contributed by atoms with Crippen molar-refractivity contribution in [1.29, 1.82) is 0 Å². The second-order valence-electron chi connectivity index (χ2n) is 7.53. The van der Waals surface area contributed by atoms with Gasteiger partial charge in [-0.1, -0.05) is 39.3 Å². The summed E-state index contributed by atoms with van der Waals surface area (Å²) in [5.74, 6) is -0.963. The molecule has 1 aromatic carbocycles. The van der Waals surface area contributed by atoms with Crippen molar-refractivity contribution in [3.8, 4) is 5.75 Å². The van der Waals surface area contributed by atoms with Crippen molar-refractivity contribution in [1.82, 2.24) is 5.32 Å². The Morgan fingerprint density at radius 2 is 2.00 bits per heavy atom. The molecular formula is C19H27NO4. The molecule has 1 unspecified atom stereocenters. The normalized spacial score (nSPS) is 22.0. The summed E-state index contributed by atoms with van der Waals surface area (Å²) in [5.41, 5.74) is 1.14. The van der Waals surface area contributed by atoms with E-state index in [0.717, 1.165) is 12.0 Å². The molecule has 5 heteroatoms. The highest BCUT2D eigenvalue weighted by atomic mass is 16.5. The van der Waals surface area contributed by atoms with Gasteiger partial charge in [-0.25, -0.2) is 0 Å². The van der Waals surface area contributed by atoms with Crippen LogP contribution in [0.4, 0.5) is 0 Å². The van der Waals surface area contributed by atoms with Crippen molar-refractivity contribution in [3.63, 3.8) is 0 Å². The van der Waals surface area contributed by atoms with Crippen molar-refractivity contribution in [2.24, 2.45) is 5.92 Å². The van der Waals surface area contributed by atoms with Crippen molar-refractivity contribution < 1.29 is 19.4 Å². The number of nitrogens with one attached hydrogen (secondary N) is 1. The minimum Gasteiger partial charge on any atom is -0.481 e. The molecule has 0 aromatic heterocycles. The van der Waals surface area contributed by atoms with Crippen LogP contribution in [0.15, 0.2) is 24.3 Å². The molecule has 24 heavy (non-hydrogen) atoms. The van der Waals surface area contributed by atoms with Gasteiger partial charge < -0.3 is 15.2 Å². The van der Waals surface area contributed by atoms with Crippen LogP contribution in [0, 0.1) is 5.92 Å². The number of carbonyl (C=O) groups excluding carboxylic acids is 1. The number of aliphatic carboxylic acids is 1. The smallest absolute Gasteiger partial charge is 0.308 e. The molecule has 0 heterocycles. The molecule has 0 saturated heterocycles. The van der Waals surface area contributed by atoms with Gasteiger partial charge in [0.1, 0.15) is 5.75 Å². The maximum absolute atomic E-state index is 12.3. The molecule has 3 atom stereocenters. The molecule has 1 aromatic rings. The molecule has 0 aliphatic heterocycles. The highest BCUT2D eigenvalue weighted by Crippen LogP contribution is 2.27. The van der Waals surface area contributed by atoms with Crippen LogP contribution < -0.4 is 10.1 Å². The van der Waals surface area contributed by atoms with E-state index in [1.165, 1.54) is 0 Å². The monoisotopic (exact) mass is 333 g/mol. The van der Waals surface area contributed by atoms with E-state index in [-0.39, 0.29) is 17.4 Å². The summed E-state index contributed by atoms with van der Waals surface area (Å²) in [6, 6.07) is 7.42. The minimum absolute atomic E-state index is 0.00340. The Morgan fingerprint density at radius 1 is 1.29 bits per heavy atom. The highest BCUT2D eigenvalue weighted by Gasteiger charge is 2.34. The number of rotatable bonds is 5. The highest BCUT2D eigenvalue weighted by molar-refractivity contribution is 5.82. The molecule has 1 saturated carbocycles. The Hall–Kier alpha value is -2.04. The third kappa shape index (κ3) is 4.49. The first kappa shape index (κ1) is 18.3. The first-order valence-corrected chi connectivity index (χ1v) is 8.49. The average molecular weight is 333 g/mol.